The van der Waals surface area contributed by atoms with Gasteiger partial charge in [-0.25, -0.2) is 9.59 Å². The zero-order chi connectivity index (χ0) is 18.4. The molecule has 1 aromatic carbocycles. The van der Waals surface area contributed by atoms with E-state index < -0.39 is 29.9 Å². The number of alkyl carbamates (subject to hydrolysis) is 1. The van der Waals surface area contributed by atoms with Crippen LogP contribution in [0, 0.1) is 0 Å². The van der Waals surface area contributed by atoms with E-state index in [1.54, 1.807) is 20.8 Å². The van der Waals surface area contributed by atoms with E-state index in [4.69, 9.17) is 9.47 Å². The minimum atomic E-state index is -0.731. The lowest BCUT2D eigenvalue weighted by molar-refractivity contribution is 0.0178. The van der Waals surface area contributed by atoms with Gasteiger partial charge in [-0.3, -0.25) is 0 Å². The predicted octanol–water partition coefficient (Wildman–Crippen LogP) is 2.28. The molecule has 2 atom stereocenters. The maximum atomic E-state index is 12.2. The number of likely N-dealkylation sites (tertiary alicyclic amines) is 1. The highest BCUT2D eigenvalue weighted by Gasteiger charge is 2.33. The van der Waals surface area contributed by atoms with Gasteiger partial charge in [-0.15, -0.1) is 0 Å². The average molecular weight is 350 g/mol. The Labute approximate surface area is 147 Å². The lowest BCUT2D eigenvalue weighted by Crippen LogP contribution is -2.57. The minimum Gasteiger partial charge on any atom is -0.445 e. The third-order valence-electron chi connectivity index (χ3n) is 3.74. The molecule has 2 N–H and O–H groups in total. The van der Waals surface area contributed by atoms with Crippen LogP contribution in [0.4, 0.5) is 9.59 Å². The molecule has 1 aliphatic rings. The fourth-order valence-corrected chi connectivity index (χ4v) is 2.52. The number of ether oxygens (including phenoxy) is 2. The summed E-state index contributed by atoms with van der Waals surface area (Å²) in [7, 11) is 0. The van der Waals surface area contributed by atoms with E-state index >= 15 is 0 Å². The largest absolute Gasteiger partial charge is 0.445 e. The van der Waals surface area contributed by atoms with E-state index in [0.29, 0.717) is 13.0 Å². The van der Waals surface area contributed by atoms with E-state index in [1.165, 1.54) is 4.90 Å². The Hall–Kier alpha value is -2.28. The molecule has 0 bridgehead atoms. The molecule has 0 aromatic heterocycles. The van der Waals surface area contributed by atoms with Gasteiger partial charge in [-0.1, -0.05) is 30.3 Å². The fourth-order valence-electron chi connectivity index (χ4n) is 2.52. The van der Waals surface area contributed by atoms with Crippen LogP contribution in [-0.4, -0.2) is 53.0 Å². The molecule has 0 radical (unpaired) electrons. The average Bonchev–Trinajstić information content (AvgIpc) is 2.54. The SMILES string of the molecule is CC(C)(C)OC(=O)NC1CN(C(=O)OCc2ccccc2)CC[C@H]1O. The number of aliphatic hydroxyl groups is 1. The highest BCUT2D eigenvalue weighted by Crippen LogP contribution is 2.14. The topological polar surface area (TPSA) is 88.1 Å². The van der Waals surface area contributed by atoms with E-state index in [-0.39, 0.29) is 13.2 Å². The van der Waals surface area contributed by atoms with E-state index in [2.05, 4.69) is 5.32 Å². The first kappa shape index (κ1) is 19.1. The van der Waals surface area contributed by atoms with E-state index in [0.717, 1.165) is 5.56 Å². The molecule has 1 fully saturated rings. The van der Waals surface area contributed by atoms with Gasteiger partial charge in [-0.2, -0.15) is 0 Å². The predicted molar refractivity (Wildman–Crippen MR) is 92.0 cm³/mol. The van der Waals surface area contributed by atoms with Crippen LogP contribution in [0.1, 0.15) is 32.8 Å². The molecule has 2 rings (SSSR count). The number of rotatable bonds is 3. The van der Waals surface area contributed by atoms with Gasteiger partial charge in [0.2, 0.25) is 0 Å². The van der Waals surface area contributed by atoms with Crippen molar-refractivity contribution in [1.82, 2.24) is 10.2 Å². The Kier molecular flexibility index (Phi) is 6.25. The monoisotopic (exact) mass is 350 g/mol. The molecule has 2 amide bonds. The molecule has 1 unspecified atom stereocenters. The van der Waals surface area contributed by atoms with Gasteiger partial charge in [0.15, 0.2) is 0 Å². The van der Waals surface area contributed by atoms with Crippen molar-refractivity contribution >= 4 is 12.2 Å². The summed E-state index contributed by atoms with van der Waals surface area (Å²) >= 11 is 0. The molecule has 1 aromatic rings. The summed E-state index contributed by atoms with van der Waals surface area (Å²) in [6.07, 6.45) is -1.45. The molecule has 1 aliphatic heterocycles. The zero-order valence-electron chi connectivity index (χ0n) is 14.9. The Balaban J connectivity index is 1.86. The molecular formula is C18H26N2O5. The van der Waals surface area contributed by atoms with Crippen LogP contribution < -0.4 is 5.32 Å². The van der Waals surface area contributed by atoms with Crippen molar-refractivity contribution in [3.05, 3.63) is 35.9 Å². The highest BCUT2D eigenvalue weighted by molar-refractivity contribution is 5.70. The van der Waals surface area contributed by atoms with E-state index in [1.807, 2.05) is 30.3 Å². The van der Waals surface area contributed by atoms with Gasteiger partial charge in [0.05, 0.1) is 12.1 Å². The second-order valence-electron chi connectivity index (χ2n) is 7.09. The molecule has 7 nitrogen and oxygen atoms in total. The lowest BCUT2D eigenvalue weighted by atomic mass is 10.0. The molecule has 1 saturated heterocycles. The molecular weight excluding hydrogens is 324 g/mol. The first-order chi connectivity index (χ1) is 11.7. The van der Waals surface area contributed by atoms with Crippen LogP contribution in [0.3, 0.4) is 0 Å². The van der Waals surface area contributed by atoms with Gasteiger partial charge >= 0.3 is 12.2 Å². The van der Waals surface area contributed by atoms with E-state index in [9.17, 15) is 14.7 Å². The second-order valence-corrected chi connectivity index (χ2v) is 7.09. The summed E-state index contributed by atoms with van der Waals surface area (Å²) in [4.78, 5) is 25.6. The molecule has 1 heterocycles. The van der Waals surface area contributed by atoms with Gasteiger partial charge in [0, 0.05) is 13.1 Å². The van der Waals surface area contributed by atoms with Crippen LogP contribution in [0.15, 0.2) is 30.3 Å². The normalized spacial score (nSPS) is 20.7. The Bertz CT molecular complexity index is 585. The van der Waals surface area contributed by atoms with Crippen molar-refractivity contribution in [2.75, 3.05) is 13.1 Å². The van der Waals surface area contributed by atoms with Crippen molar-refractivity contribution in [3.8, 4) is 0 Å². The number of aliphatic hydroxyl groups excluding tert-OH is 1. The number of nitrogens with zero attached hydrogens (tertiary/aromatic N) is 1. The summed E-state index contributed by atoms with van der Waals surface area (Å²) in [5, 5.41) is 12.7. The third-order valence-corrected chi connectivity index (χ3v) is 3.74. The van der Waals surface area contributed by atoms with Crippen molar-refractivity contribution in [2.24, 2.45) is 0 Å². The number of nitrogens with one attached hydrogen (secondary N) is 1. The number of hydrogen-bond acceptors (Lipinski definition) is 5. The third kappa shape index (κ3) is 6.26. The molecule has 7 heteroatoms. The van der Waals surface area contributed by atoms with Crippen LogP contribution in [-0.2, 0) is 16.1 Å². The first-order valence-corrected chi connectivity index (χ1v) is 8.38. The number of carbonyl (C=O) groups is 2. The summed E-state index contributed by atoms with van der Waals surface area (Å²) in [6.45, 7) is 6.02. The Morgan fingerprint density at radius 2 is 1.96 bits per heavy atom. The summed E-state index contributed by atoms with van der Waals surface area (Å²) in [5.41, 5.74) is 0.272. The highest BCUT2D eigenvalue weighted by atomic mass is 16.6. The van der Waals surface area contributed by atoms with Gasteiger partial charge in [-0.05, 0) is 32.8 Å². The zero-order valence-corrected chi connectivity index (χ0v) is 14.9. The molecule has 0 spiro atoms. The summed E-state index contributed by atoms with van der Waals surface area (Å²) in [6, 6.07) is 8.81. The summed E-state index contributed by atoms with van der Waals surface area (Å²) < 4.78 is 10.5. The minimum absolute atomic E-state index is 0.175. The van der Waals surface area contributed by atoms with Gasteiger partial charge in [0.25, 0.3) is 0 Å². The smallest absolute Gasteiger partial charge is 0.410 e. The standard InChI is InChI=1S/C18H26N2O5/c1-18(2,3)25-16(22)19-14-11-20(10-9-15(14)21)17(23)24-12-13-7-5-4-6-8-13/h4-8,14-15,21H,9-12H2,1-3H3,(H,19,22)/t14?,15-/m1/s1. The second kappa shape index (κ2) is 8.20. The van der Waals surface area contributed by atoms with Crippen molar-refractivity contribution in [3.63, 3.8) is 0 Å². The number of benzene rings is 1. The van der Waals surface area contributed by atoms with Crippen molar-refractivity contribution < 1.29 is 24.2 Å². The number of hydrogen-bond donors (Lipinski definition) is 2. The van der Waals surface area contributed by atoms with Crippen LogP contribution >= 0.6 is 0 Å². The van der Waals surface area contributed by atoms with Crippen molar-refractivity contribution in [1.29, 1.82) is 0 Å². The maximum absolute atomic E-state index is 12.2. The quantitative estimate of drug-likeness (QED) is 0.873. The van der Waals surface area contributed by atoms with Crippen LogP contribution in [0.2, 0.25) is 0 Å². The van der Waals surface area contributed by atoms with Gasteiger partial charge in [0.1, 0.15) is 12.2 Å². The van der Waals surface area contributed by atoms with Crippen LogP contribution in [0.25, 0.3) is 0 Å². The van der Waals surface area contributed by atoms with Gasteiger partial charge < -0.3 is 24.8 Å². The molecule has 138 valence electrons. The number of piperidine rings is 1. The molecule has 0 aliphatic carbocycles. The Morgan fingerprint density at radius 1 is 1.28 bits per heavy atom. The molecule has 0 saturated carbocycles. The maximum Gasteiger partial charge on any atom is 0.410 e. The number of amides is 2. The Morgan fingerprint density at radius 3 is 2.60 bits per heavy atom. The molecule has 25 heavy (non-hydrogen) atoms. The summed E-state index contributed by atoms with van der Waals surface area (Å²) in [5.74, 6) is 0. The first-order valence-electron chi connectivity index (χ1n) is 8.38. The fraction of sp³-hybridized carbons (Fsp3) is 0.556. The van der Waals surface area contributed by atoms with Crippen molar-refractivity contribution in [2.45, 2.75) is 51.5 Å². The number of carbonyl (C=O) groups excluding carboxylic acids is 2. The lowest BCUT2D eigenvalue weighted by Gasteiger charge is -2.36. The van der Waals surface area contributed by atoms with Crippen LogP contribution in [0.5, 0.6) is 0 Å².